The third kappa shape index (κ3) is 17.6. The van der Waals surface area contributed by atoms with Gasteiger partial charge in [-0.1, -0.05) is 45.3 Å². The summed E-state index contributed by atoms with van der Waals surface area (Å²) >= 11 is 0. The lowest BCUT2D eigenvalue weighted by atomic mass is 10.2. The molecule has 0 aromatic carbocycles. The van der Waals surface area contributed by atoms with Gasteiger partial charge in [0.05, 0.1) is 6.61 Å². The number of esters is 1. The SMILES string of the molecule is C=C(C)C.C=C(CC)C(=O)OCCCCCC. The van der Waals surface area contributed by atoms with Crippen LogP contribution in [0.3, 0.4) is 0 Å². The Morgan fingerprint density at radius 2 is 1.59 bits per heavy atom. The Kier molecular flexibility index (Phi) is 14.0. The fraction of sp³-hybridized carbons (Fsp3) is 0.667. The number of rotatable bonds is 7. The predicted molar refractivity (Wildman–Crippen MR) is 75.0 cm³/mol. The molecule has 0 aromatic rings. The highest BCUT2D eigenvalue weighted by Gasteiger charge is 2.04. The number of unbranched alkanes of at least 4 members (excludes halogenated alkanes) is 3. The van der Waals surface area contributed by atoms with Crippen LogP contribution in [0.1, 0.15) is 59.8 Å². The quantitative estimate of drug-likeness (QED) is 0.280. The van der Waals surface area contributed by atoms with Crippen LogP contribution in [0.5, 0.6) is 0 Å². The second kappa shape index (κ2) is 13.0. The number of carbonyl (C=O) groups excluding carboxylic acids is 1. The van der Waals surface area contributed by atoms with E-state index in [9.17, 15) is 4.79 Å². The van der Waals surface area contributed by atoms with Crippen molar-refractivity contribution in [2.24, 2.45) is 0 Å². The van der Waals surface area contributed by atoms with Gasteiger partial charge in [-0.15, -0.1) is 6.58 Å². The molecule has 0 fully saturated rings. The van der Waals surface area contributed by atoms with E-state index in [1.165, 1.54) is 18.4 Å². The molecular weight excluding hydrogens is 212 g/mol. The van der Waals surface area contributed by atoms with Crippen LogP contribution in [0.2, 0.25) is 0 Å². The van der Waals surface area contributed by atoms with Gasteiger partial charge in [-0.2, -0.15) is 0 Å². The Bertz CT molecular complexity index is 225. The average molecular weight is 240 g/mol. The zero-order chi connectivity index (χ0) is 13.7. The average Bonchev–Trinajstić information content (AvgIpc) is 2.26. The molecule has 0 aliphatic rings. The third-order valence-corrected chi connectivity index (χ3v) is 1.95. The normalized spacial score (nSPS) is 8.94. The molecule has 0 aromatic heterocycles. The standard InChI is InChI=1S/C11H20O2.C4H8/c1-4-6-7-8-9-13-11(12)10(3)5-2;1-4(2)3/h3-9H2,1-2H3;1H2,2-3H3. The lowest BCUT2D eigenvalue weighted by molar-refractivity contribution is -0.139. The van der Waals surface area contributed by atoms with E-state index in [0.717, 1.165) is 12.8 Å². The van der Waals surface area contributed by atoms with Crippen molar-refractivity contribution in [1.29, 1.82) is 0 Å². The molecular formula is C15H28O2. The van der Waals surface area contributed by atoms with E-state index >= 15 is 0 Å². The fourth-order valence-electron chi connectivity index (χ4n) is 0.940. The summed E-state index contributed by atoms with van der Waals surface area (Å²) in [4.78, 5) is 11.1. The van der Waals surface area contributed by atoms with Crippen LogP contribution >= 0.6 is 0 Å². The molecule has 0 spiro atoms. The summed E-state index contributed by atoms with van der Waals surface area (Å²) in [6, 6.07) is 0. The summed E-state index contributed by atoms with van der Waals surface area (Å²) < 4.78 is 5.00. The first-order valence-corrected chi connectivity index (χ1v) is 6.42. The minimum Gasteiger partial charge on any atom is -0.462 e. The first kappa shape index (κ1) is 18.3. The largest absolute Gasteiger partial charge is 0.462 e. The van der Waals surface area contributed by atoms with Gasteiger partial charge in [0.15, 0.2) is 0 Å². The van der Waals surface area contributed by atoms with Crippen LogP contribution in [0.25, 0.3) is 0 Å². The molecule has 0 aliphatic heterocycles. The van der Waals surface area contributed by atoms with Gasteiger partial charge in [0.2, 0.25) is 0 Å². The molecule has 0 saturated heterocycles. The van der Waals surface area contributed by atoms with Gasteiger partial charge >= 0.3 is 5.97 Å². The van der Waals surface area contributed by atoms with Gasteiger partial charge in [0, 0.05) is 5.57 Å². The summed E-state index contributed by atoms with van der Waals surface area (Å²) in [5.74, 6) is -0.237. The summed E-state index contributed by atoms with van der Waals surface area (Å²) in [5.41, 5.74) is 1.73. The highest BCUT2D eigenvalue weighted by atomic mass is 16.5. The number of allylic oxidation sites excluding steroid dienone is 1. The molecule has 0 amide bonds. The van der Waals surface area contributed by atoms with E-state index in [4.69, 9.17) is 4.74 Å². The molecule has 17 heavy (non-hydrogen) atoms. The second-order valence-corrected chi connectivity index (χ2v) is 4.36. The van der Waals surface area contributed by atoms with E-state index in [1.54, 1.807) is 0 Å². The van der Waals surface area contributed by atoms with E-state index in [1.807, 2.05) is 20.8 Å². The highest BCUT2D eigenvalue weighted by Crippen LogP contribution is 2.03. The third-order valence-electron chi connectivity index (χ3n) is 1.95. The molecule has 0 saturated carbocycles. The Balaban J connectivity index is 0. The number of ether oxygens (including phenoxy) is 1. The van der Waals surface area contributed by atoms with Crippen molar-refractivity contribution < 1.29 is 9.53 Å². The number of hydrogen-bond donors (Lipinski definition) is 0. The molecule has 0 atom stereocenters. The molecule has 2 heteroatoms. The Morgan fingerprint density at radius 1 is 1.06 bits per heavy atom. The van der Waals surface area contributed by atoms with Crippen molar-refractivity contribution in [1.82, 2.24) is 0 Å². The van der Waals surface area contributed by atoms with Gasteiger partial charge < -0.3 is 4.74 Å². The second-order valence-electron chi connectivity index (χ2n) is 4.36. The molecule has 2 nitrogen and oxygen atoms in total. The molecule has 0 rings (SSSR count). The first-order chi connectivity index (χ1) is 7.95. The summed E-state index contributed by atoms with van der Waals surface area (Å²) in [6.07, 6.45) is 5.20. The smallest absolute Gasteiger partial charge is 0.333 e. The van der Waals surface area contributed by atoms with Crippen molar-refractivity contribution in [2.75, 3.05) is 6.61 Å². The minimum absolute atomic E-state index is 0.237. The van der Waals surface area contributed by atoms with Gasteiger partial charge in [-0.05, 0) is 26.7 Å². The number of carbonyl (C=O) groups is 1. The molecule has 100 valence electrons. The van der Waals surface area contributed by atoms with Crippen LogP contribution in [0, 0.1) is 0 Å². The van der Waals surface area contributed by atoms with Crippen LogP contribution < -0.4 is 0 Å². The van der Waals surface area contributed by atoms with Crippen LogP contribution in [-0.2, 0) is 9.53 Å². The lowest BCUT2D eigenvalue weighted by Gasteiger charge is -2.04. The Labute approximate surface area is 107 Å². The summed E-state index contributed by atoms with van der Waals surface area (Å²) in [6.45, 7) is 15.7. The van der Waals surface area contributed by atoms with E-state index in [-0.39, 0.29) is 5.97 Å². The topological polar surface area (TPSA) is 26.3 Å². The van der Waals surface area contributed by atoms with Crippen molar-refractivity contribution in [3.63, 3.8) is 0 Å². The predicted octanol–water partition coefficient (Wildman–Crippen LogP) is 4.66. The zero-order valence-corrected chi connectivity index (χ0v) is 12.0. The Morgan fingerprint density at radius 3 is 2.00 bits per heavy atom. The van der Waals surface area contributed by atoms with Crippen molar-refractivity contribution in [3.8, 4) is 0 Å². The maximum atomic E-state index is 11.1. The van der Waals surface area contributed by atoms with E-state index in [0.29, 0.717) is 18.6 Å². The fourth-order valence-corrected chi connectivity index (χ4v) is 0.940. The number of hydrogen-bond acceptors (Lipinski definition) is 2. The maximum Gasteiger partial charge on any atom is 0.333 e. The van der Waals surface area contributed by atoms with E-state index < -0.39 is 0 Å². The Hall–Kier alpha value is -1.05. The van der Waals surface area contributed by atoms with Crippen LogP contribution in [0.4, 0.5) is 0 Å². The molecule has 0 aliphatic carbocycles. The lowest BCUT2D eigenvalue weighted by Crippen LogP contribution is -2.07. The zero-order valence-electron chi connectivity index (χ0n) is 12.0. The van der Waals surface area contributed by atoms with Crippen LogP contribution in [0.15, 0.2) is 24.3 Å². The highest BCUT2D eigenvalue weighted by molar-refractivity contribution is 5.87. The van der Waals surface area contributed by atoms with Gasteiger partial charge in [-0.25, -0.2) is 4.79 Å². The van der Waals surface area contributed by atoms with Gasteiger partial charge in [-0.3, -0.25) is 0 Å². The van der Waals surface area contributed by atoms with Crippen molar-refractivity contribution in [2.45, 2.75) is 59.8 Å². The van der Waals surface area contributed by atoms with Gasteiger partial charge in [0.25, 0.3) is 0 Å². The van der Waals surface area contributed by atoms with Crippen molar-refractivity contribution >= 4 is 5.97 Å². The molecule has 0 bridgehead atoms. The monoisotopic (exact) mass is 240 g/mol. The molecule has 0 unspecified atom stereocenters. The van der Waals surface area contributed by atoms with Crippen LogP contribution in [-0.4, -0.2) is 12.6 Å². The molecule has 0 N–H and O–H groups in total. The summed E-state index contributed by atoms with van der Waals surface area (Å²) in [5, 5.41) is 0. The minimum atomic E-state index is -0.237. The first-order valence-electron chi connectivity index (χ1n) is 6.42. The van der Waals surface area contributed by atoms with Crippen molar-refractivity contribution in [3.05, 3.63) is 24.3 Å². The van der Waals surface area contributed by atoms with E-state index in [2.05, 4.69) is 20.1 Å². The summed E-state index contributed by atoms with van der Waals surface area (Å²) in [7, 11) is 0. The maximum absolute atomic E-state index is 11.1. The van der Waals surface area contributed by atoms with Gasteiger partial charge in [0.1, 0.15) is 0 Å². The molecule has 0 heterocycles. The molecule has 0 radical (unpaired) electrons.